The van der Waals surface area contributed by atoms with Crippen LogP contribution in [0.4, 0.5) is 5.82 Å². The fourth-order valence-corrected chi connectivity index (χ4v) is 3.15. The van der Waals surface area contributed by atoms with Gasteiger partial charge in [0.05, 0.1) is 16.5 Å². The lowest BCUT2D eigenvalue weighted by molar-refractivity contribution is -0.142. The fourth-order valence-electron chi connectivity index (χ4n) is 2.87. The average Bonchev–Trinajstić information content (AvgIpc) is 2.47. The molecule has 7 heteroatoms. The summed E-state index contributed by atoms with van der Waals surface area (Å²) in [6.45, 7) is 2.37. The number of aliphatic carboxylic acids is 1. The summed E-state index contributed by atoms with van der Waals surface area (Å²) in [5.41, 5.74) is 0.492. The monoisotopic (exact) mass is 323 g/mol. The molecule has 22 heavy (non-hydrogen) atoms. The number of carboxylic acids is 1. The number of nitrogens with zero attached hydrogens (tertiary/aromatic N) is 3. The zero-order valence-electron chi connectivity index (χ0n) is 12.2. The van der Waals surface area contributed by atoms with E-state index < -0.39 is 5.97 Å². The van der Waals surface area contributed by atoms with Crippen LogP contribution < -0.4 is 4.90 Å². The molecule has 1 N–H and O–H groups in total. The van der Waals surface area contributed by atoms with E-state index in [9.17, 15) is 9.59 Å². The highest BCUT2D eigenvalue weighted by atomic mass is 35.5. The highest BCUT2D eigenvalue weighted by Crippen LogP contribution is 2.30. The Kier molecular flexibility index (Phi) is 4.20. The number of carbonyl (C=O) groups is 2. The van der Waals surface area contributed by atoms with Crippen molar-refractivity contribution in [1.29, 1.82) is 0 Å². The molecule has 2 aliphatic rings. The Morgan fingerprint density at radius 1 is 1.23 bits per heavy atom. The number of carboxylic acid groups (broad SMARTS) is 1. The van der Waals surface area contributed by atoms with Crippen LogP contribution in [0.15, 0.2) is 12.3 Å². The van der Waals surface area contributed by atoms with Crippen LogP contribution in [-0.4, -0.2) is 53.0 Å². The number of hydrogen-bond acceptors (Lipinski definition) is 4. The minimum Gasteiger partial charge on any atom is -0.481 e. The third-order valence-electron chi connectivity index (χ3n) is 4.24. The SMILES string of the molecule is O=C(O)C1CN(c2ncc(C(=O)N3CCCCC3)cc2Cl)C1. The number of anilines is 1. The summed E-state index contributed by atoms with van der Waals surface area (Å²) in [6, 6.07) is 1.63. The number of amides is 1. The number of likely N-dealkylation sites (tertiary alicyclic amines) is 1. The lowest BCUT2D eigenvalue weighted by atomic mass is 10.0. The summed E-state index contributed by atoms with van der Waals surface area (Å²) < 4.78 is 0. The van der Waals surface area contributed by atoms with E-state index >= 15 is 0 Å². The Bertz CT molecular complexity index is 596. The van der Waals surface area contributed by atoms with E-state index in [0.29, 0.717) is 29.5 Å². The van der Waals surface area contributed by atoms with E-state index in [4.69, 9.17) is 16.7 Å². The van der Waals surface area contributed by atoms with Gasteiger partial charge >= 0.3 is 5.97 Å². The molecular formula is C15H18ClN3O3. The van der Waals surface area contributed by atoms with Crippen molar-refractivity contribution in [2.24, 2.45) is 5.92 Å². The lowest BCUT2D eigenvalue weighted by Gasteiger charge is -2.38. The molecule has 0 unspecified atom stereocenters. The smallest absolute Gasteiger partial charge is 0.310 e. The Morgan fingerprint density at radius 3 is 2.50 bits per heavy atom. The molecule has 118 valence electrons. The van der Waals surface area contributed by atoms with Gasteiger partial charge in [-0.05, 0) is 25.3 Å². The van der Waals surface area contributed by atoms with Crippen molar-refractivity contribution >= 4 is 29.3 Å². The van der Waals surface area contributed by atoms with E-state index in [1.165, 1.54) is 12.6 Å². The summed E-state index contributed by atoms with van der Waals surface area (Å²) in [6.07, 6.45) is 4.78. The highest BCUT2D eigenvalue weighted by Gasteiger charge is 2.34. The van der Waals surface area contributed by atoms with E-state index in [0.717, 1.165) is 25.9 Å². The Hall–Kier alpha value is -1.82. The molecule has 3 heterocycles. The quantitative estimate of drug-likeness (QED) is 0.919. The third kappa shape index (κ3) is 2.88. The fraction of sp³-hybridized carbons (Fsp3) is 0.533. The minimum atomic E-state index is -0.802. The first-order chi connectivity index (χ1) is 10.6. The van der Waals surface area contributed by atoms with Crippen molar-refractivity contribution in [2.45, 2.75) is 19.3 Å². The summed E-state index contributed by atoms with van der Waals surface area (Å²) in [5.74, 6) is -0.654. The molecular weight excluding hydrogens is 306 g/mol. The van der Waals surface area contributed by atoms with Crippen molar-refractivity contribution in [3.63, 3.8) is 0 Å². The predicted octanol–water partition coefficient (Wildman–Crippen LogP) is 1.88. The van der Waals surface area contributed by atoms with E-state index in [-0.39, 0.29) is 11.8 Å². The van der Waals surface area contributed by atoms with Crippen LogP contribution in [0.5, 0.6) is 0 Å². The van der Waals surface area contributed by atoms with Crippen LogP contribution in [0.25, 0.3) is 0 Å². The molecule has 0 spiro atoms. The molecule has 0 aliphatic carbocycles. The van der Waals surface area contributed by atoms with Gasteiger partial charge in [-0.15, -0.1) is 0 Å². The standard InChI is InChI=1S/C15H18ClN3O3/c16-12-6-10(14(20)18-4-2-1-3-5-18)7-17-13(12)19-8-11(9-19)15(21)22/h6-7,11H,1-5,8-9H2,(H,21,22). The summed E-state index contributed by atoms with van der Waals surface area (Å²) >= 11 is 6.22. The van der Waals surface area contributed by atoms with Crippen molar-refractivity contribution in [3.05, 3.63) is 22.8 Å². The van der Waals surface area contributed by atoms with Crippen LogP contribution in [0.3, 0.4) is 0 Å². The van der Waals surface area contributed by atoms with Crippen LogP contribution in [-0.2, 0) is 4.79 Å². The Morgan fingerprint density at radius 2 is 1.91 bits per heavy atom. The second-order valence-electron chi connectivity index (χ2n) is 5.82. The molecule has 1 aromatic rings. The Labute approximate surface area is 133 Å². The largest absolute Gasteiger partial charge is 0.481 e. The van der Waals surface area contributed by atoms with Crippen molar-refractivity contribution in [1.82, 2.24) is 9.88 Å². The van der Waals surface area contributed by atoms with Crippen LogP contribution in [0.2, 0.25) is 5.02 Å². The molecule has 0 radical (unpaired) electrons. The first-order valence-electron chi connectivity index (χ1n) is 7.49. The first kappa shape index (κ1) is 15.1. The van der Waals surface area contributed by atoms with Gasteiger partial charge in [-0.2, -0.15) is 0 Å². The predicted molar refractivity (Wildman–Crippen MR) is 82.3 cm³/mol. The van der Waals surface area contributed by atoms with Crippen LogP contribution >= 0.6 is 11.6 Å². The topological polar surface area (TPSA) is 73.7 Å². The number of pyridine rings is 1. The van der Waals surface area contributed by atoms with Crippen molar-refractivity contribution < 1.29 is 14.7 Å². The molecule has 0 atom stereocenters. The second-order valence-corrected chi connectivity index (χ2v) is 6.23. The van der Waals surface area contributed by atoms with Gasteiger partial charge in [0.1, 0.15) is 5.82 Å². The van der Waals surface area contributed by atoms with Gasteiger partial charge in [0, 0.05) is 32.4 Å². The van der Waals surface area contributed by atoms with Gasteiger partial charge in [0.15, 0.2) is 0 Å². The third-order valence-corrected chi connectivity index (χ3v) is 4.52. The highest BCUT2D eigenvalue weighted by molar-refractivity contribution is 6.33. The molecule has 0 bridgehead atoms. The lowest BCUT2D eigenvalue weighted by Crippen LogP contribution is -2.51. The van der Waals surface area contributed by atoms with Crippen LogP contribution in [0, 0.1) is 5.92 Å². The van der Waals surface area contributed by atoms with Crippen molar-refractivity contribution in [3.8, 4) is 0 Å². The van der Waals surface area contributed by atoms with E-state index in [2.05, 4.69) is 4.98 Å². The number of rotatable bonds is 3. The molecule has 2 saturated heterocycles. The molecule has 6 nitrogen and oxygen atoms in total. The maximum absolute atomic E-state index is 12.4. The average molecular weight is 324 g/mol. The molecule has 2 aliphatic heterocycles. The van der Waals surface area contributed by atoms with Gasteiger partial charge in [-0.1, -0.05) is 11.6 Å². The molecule has 1 aromatic heterocycles. The number of piperidine rings is 1. The minimum absolute atomic E-state index is 0.0346. The molecule has 0 aromatic carbocycles. The second kappa shape index (κ2) is 6.12. The molecule has 0 saturated carbocycles. The van der Waals surface area contributed by atoms with Gasteiger partial charge in [0.25, 0.3) is 5.91 Å². The first-order valence-corrected chi connectivity index (χ1v) is 7.86. The van der Waals surface area contributed by atoms with Gasteiger partial charge in [-0.3, -0.25) is 9.59 Å². The maximum atomic E-state index is 12.4. The van der Waals surface area contributed by atoms with Gasteiger partial charge in [0.2, 0.25) is 0 Å². The molecule has 3 rings (SSSR count). The van der Waals surface area contributed by atoms with E-state index in [1.807, 2.05) is 9.80 Å². The number of halogens is 1. The maximum Gasteiger partial charge on any atom is 0.310 e. The Balaban J connectivity index is 1.70. The number of hydrogen-bond donors (Lipinski definition) is 1. The van der Waals surface area contributed by atoms with Crippen LogP contribution in [0.1, 0.15) is 29.6 Å². The molecule has 2 fully saturated rings. The van der Waals surface area contributed by atoms with Gasteiger partial charge < -0.3 is 14.9 Å². The molecule has 1 amide bonds. The number of carbonyl (C=O) groups excluding carboxylic acids is 1. The van der Waals surface area contributed by atoms with Crippen molar-refractivity contribution in [2.75, 3.05) is 31.1 Å². The number of aromatic nitrogens is 1. The van der Waals surface area contributed by atoms with Gasteiger partial charge in [-0.25, -0.2) is 4.98 Å². The van der Waals surface area contributed by atoms with E-state index in [1.54, 1.807) is 6.07 Å². The normalized spacial score (nSPS) is 19.0. The zero-order valence-corrected chi connectivity index (χ0v) is 12.9. The zero-order chi connectivity index (χ0) is 15.7. The summed E-state index contributed by atoms with van der Waals surface area (Å²) in [5, 5.41) is 9.29. The summed E-state index contributed by atoms with van der Waals surface area (Å²) in [4.78, 5) is 31.1. The summed E-state index contributed by atoms with van der Waals surface area (Å²) in [7, 11) is 0.